The first-order valence-corrected chi connectivity index (χ1v) is 14.7. The molecule has 0 aliphatic carbocycles. The Balaban J connectivity index is 1.73. The zero-order valence-corrected chi connectivity index (χ0v) is 20.0. The lowest BCUT2D eigenvalue weighted by Gasteiger charge is -2.36. The summed E-state index contributed by atoms with van der Waals surface area (Å²) in [5.74, 6) is -0.203. The van der Waals surface area contributed by atoms with Crippen LogP contribution in [0.5, 0.6) is 0 Å². The molecule has 0 bridgehead atoms. The monoisotopic (exact) mass is 442 g/mol. The Bertz CT molecular complexity index is 973. The topological polar surface area (TPSA) is 35.5 Å². The van der Waals surface area contributed by atoms with Crippen molar-refractivity contribution in [2.45, 2.75) is 37.8 Å². The van der Waals surface area contributed by atoms with Gasteiger partial charge in [-0.2, -0.15) is 0 Å². The summed E-state index contributed by atoms with van der Waals surface area (Å²) in [6.45, 7) is 6.99. The number of ether oxygens (including phenoxy) is 2. The summed E-state index contributed by atoms with van der Waals surface area (Å²) in [4.78, 5) is 12.5. The normalized spacial score (nSPS) is 18.0. The van der Waals surface area contributed by atoms with Crippen LogP contribution in [-0.2, 0) is 19.9 Å². The molecule has 32 heavy (non-hydrogen) atoms. The Kier molecular flexibility index (Phi) is 6.44. The van der Waals surface area contributed by atoms with Gasteiger partial charge in [-0.05, 0) is 16.7 Å². The van der Waals surface area contributed by atoms with Gasteiger partial charge in [0, 0.05) is 12.0 Å². The van der Waals surface area contributed by atoms with Crippen molar-refractivity contribution < 1.29 is 14.3 Å². The molecule has 0 unspecified atom stereocenters. The quantitative estimate of drug-likeness (QED) is 0.192. The van der Waals surface area contributed by atoms with E-state index in [-0.39, 0.29) is 12.1 Å². The zero-order chi connectivity index (χ0) is 22.6. The molecule has 4 heteroatoms. The molecule has 0 aromatic heterocycles. The Labute approximate surface area is 191 Å². The summed E-state index contributed by atoms with van der Waals surface area (Å²) in [6, 6.07) is 30.8. The van der Waals surface area contributed by atoms with Gasteiger partial charge in [-0.15, -0.1) is 0 Å². The summed E-state index contributed by atoms with van der Waals surface area (Å²) >= 11 is 0. The van der Waals surface area contributed by atoms with Crippen molar-refractivity contribution in [1.29, 1.82) is 0 Å². The van der Waals surface area contributed by atoms with Crippen LogP contribution in [0.1, 0.15) is 23.1 Å². The summed E-state index contributed by atoms with van der Waals surface area (Å²) in [5, 5.41) is 0. The highest BCUT2D eigenvalue weighted by Gasteiger charge is 2.40. The van der Waals surface area contributed by atoms with Gasteiger partial charge in [-0.3, -0.25) is 0 Å². The molecule has 1 atom stereocenters. The molecule has 1 heterocycles. The first kappa shape index (κ1) is 22.2. The number of hydrogen-bond donors (Lipinski definition) is 0. The molecular formula is C28H30O3Si. The van der Waals surface area contributed by atoms with Crippen molar-refractivity contribution in [1.82, 2.24) is 0 Å². The lowest BCUT2D eigenvalue weighted by atomic mass is 9.80. The molecule has 164 valence electrons. The average Bonchev–Trinajstić information content (AvgIpc) is 3.14. The average molecular weight is 443 g/mol. The van der Waals surface area contributed by atoms with Crippen LogP contribution in [0.15, 0.2) is 102 Å². The van der Waals surface area contributed by atoms with Gasteiger partial charge in [0.25, 0.3) is 0 Å². The SMILES string of the molecule is C[Si](C)(C)/C=C1\C[C@@H](COC(c2ccccc2)(c2ccccc2)c2ccccc2)OC1=O. The molecule has 0 saturated carbocycles. The Morgan fingerprint density at radius 1 is 0.844 bits per heavy atom. The summed E-state index contributed by atoms with van der Waals surface area (Å²) < 4.78 is 12.5. The summed E-state index contributed by atoms with van der Waals surface area (Å²) in [7, 11) is -1.51. The van der Waals surface area contributed by atoms with Gasteiger partial charge in [-0.1, -0.05) is 116 Å². The molecule has 1 aliphatic heterocycles. The number of carbonyl (C=O) groups excluding carboxylic acids is 1. The Morgan fingerprint density at radius 2 is 1.28 bits per heavy atom. The van der Waals surface area contributed by atoms with Crippen molar-refractivity contribution in [3.8, 4) is 0 Å². The van der Waals surface area contributed by atoms with Crippen LogP contribution in [-0.4, -0.2) is 26.8 Å². The molecule has 0 radical (unpaired) electrons. The lowest BCUT2D eigenvalue weighted by molar-refractivity contribution is -0.143. The third-order valence-corrected chi connectivity index (χ3v) is 6.83. The van der Waals surface area contributed by atoms with Crippen molar-refractivity contribution >= 4 is 14.0 Å². The molecule has 3 aromatic carbocycles. The van der Waals surface area contributed by atoms with E-state index in [1.807, 2.05) is 54.6 Å². The maximum atomic E-state index is 12.5. The maximum Gasteiger partial charge on any atom is 0.333 e. The smallest absolute Gasteiger partial charge is 0.333 e. The lowest BCUT2D eigenvalue weighted by Crippen LogP contribution is -2.35. The second-order valence-electron chi connectivity index (χ2n) is 9.36. The van der Waals surface area contributed by atoms with Crippen molar-refractivity contribution in [3.05, 3.63) is 119 Å². The van der Waals surface area contributed by atoms with Gasteiger partial charge in [0.05, 0.1) is 14.7 Å². The number of carbonyl (C=O) groups is 1. The Hall–Kier alpha value is -2.95. The van der Waals surface area contributed by atoms with Gasteiger partial charge in [0.2, 0.25) is 0 Å². The van der Waals surface area contributed by atoms with E-state index in [9.17, 15) is 4.79 Å². The Morgan fingerprint density at radius 3 is 1.69 bits per heavy atom. The number of rotatable bonds is 7. The van der Waals surface area contributed by atoms with E-state index in [1.165, 1.54) is 0 Å². The molecular weight excluding hydrogens is 412 g/mol. The van der Waals surface area contributed by atoms with E-state index in [0.29, 0.717) is 13.0 Å². The number of cyclic esters (lactones) is 1. The second-order valence-corrected chi connectivity index (χ2v) is 14.4. The summed E-state index contributed by atoms with van der Waals surface area (Å²) in [6.07, 6.45) is 0.304. The first-order valence-electron chi connectivity index (χ1n) is 11.1. The van der Waals surface area contributed by atoms with Crippen LogP contribution in [0.4, 0.5) is 0 Å². The molecule has 0 amide bonds. The van der Waals surface area contributed by atoms with E-state index in [0.717, 1.165) is 22.3 Å². The minimum Gasteiger partial charge on any atom is -0.456 e. The minimum absolute atomic E-state index is 0.203. The number of hydrogen-bond acceptors (Lipinski definition) is 3. The largest absolute Gasteiger partial charge is 0.456 e. The van der Waals surface area contributed by atoms with Gasteiger partial charge in [-0.25, -0.2) is 4.79 Å². The van der Waals surface area contributed by atoms with Crippen LogP contribution in [0.2, 0.25) is 19.6 Å². The number of esters is 1. The van der Waals surface area contributed by atoms with Crippen LogP contribution in [0.25, 0.3) is 0 Å². The predicted molar refractivity (Wildman–Crippen MR) is 131 cm³/mol. The first-order chi connectivity index (χ1) is 15.4. The van der Waals surface area contributed by atoms with Gasteiger partial charge >= 0.3 is 5.97 Å². The van der Waals surface area contributed by atoms with Crippen molar-refractivity contribution in [2.24, 2.45) is 0 Å². The van der Waals surface area contributed by atoms with E-state index < -0.39 is 13.7 Å². The number of benzene rings is 3. The third kappa shape index (κ3) is 4.77. The van der Waals surface area contributed by atoms with Crippen molar-refractivity contribution in [2.75, 3.05) is 6.61 Å². The van der Waals surface area contributed by atoms with Crippen LogP contribution >= 0.6 is 0 Å². The zero-order valence-electron chi connectivity index (χ0n) is 19.0. The molecule has 3 nitrogen and oxygen atoms in total. The molecule has 4 rings (SSSR count). The minimum atomic E-state index is -1.51. The van der Waals surface area contributed by atoms with E-state index in [4.69, 9.17) is 9.47 Å². The highest BCUT2D eigenvalue weighted by atomic mass is 28.3. The molecule has 3 aromatic rings. The predicted octanol–water partition coefficient (Wildman–Crippen LogP) is 6.11. The fraction of sp³-hybridized carbons (Fsp3) is 0.250. The highest BCUT2D eigenvalue weighted by Crippen LogP contribution is 2.41. The molecule has 1 aliphatic rings. The van der Waals surface area contributed by atoms with Gasteiger partial charge in [0.15, 0.2) is 0 Å². The fourth-order valence-electron chi connectivity index (χ4n) is 4.32. The molecule has 0 spiro atoms. The van der Waals surface area contributed by atoms with Gasteiger partial charge in [0.1, 0.15) is 11.7 Å². The molecule has 0 N–H and O–H groups in total. The summed E-state index contributed by atoms with van der Waals surface area (Å²) in [5.41, 5.74) is 5.26. The van der Waals surface area contributed by atoms with Crippen molar-refractivity contribution in [3.63, 3.8) is 0 Å². The van der Waals surface area contributed by atoms with E-state index >= 15 is 0 Å². The van der Waals surface area contributed by atoms with Crippen LogP contribution in [0.3, 0.4) is 0 Å². The van der Waals surface area contributed by atoms with Crippen LogP contribution < -0.4 is 0 Å². The highest BCUT2D eigenvalue weighted by molar-refractivity contribution is 6.81. The van der Waals surface area contributed by atoms with Crippen LogP contribution in [0, 0.1) is 0 Å². The third-order valence-electron chi connectivity index (χ3n) is 5.62. The van der Waals surface area contributed by atoms with E-state index in [1.54, 1.807) is 0 Å². The van der Waals surface area contributed by atoms with Gasteiger partial charge < -0.3 is 9.47 Å². The molecule has 1 fully saturated rings. The molecule has 1 saturated heterocycles. The maximum absolute atomic E-state index is 12.5. The fourth-order valence-corrected chi connectivity index (χ4v) is 5.60. The van der Waals surface area contributed by atoms with E-state index in [2.05, 4.69) is 61.7 Å². The standard InChI is InChI=1S/C28H30O3Si/c1-32(2,3)21-22-19-26(31-27(22)29)20-30-28(23-13-7-4-8-14-23,24-15-9-5-10-16-24)25-17-11-6-12-18-25/h4-18,21,26H,19-20H2,1-3H3/b22-21+/t26-/m0/s1. The second kappa shape index (κ2) is 9.27.